The van der Waals surface area contributed by atoms with Gasteiger partial charge in [-0.05, 0) is 36.8 Å². The number of likely N-dealkylation sites (N-methyl/N-ethyl adjacent to an activating group) is 1. The van der Waals surface area contributed by atoms with E-state index in [9.17, 15) is 9.59 Å². The van der Waals surface area contributed by atoms with Crippen LogP contribution in [0.1, 0.15) is 21.5 Å². The Bertz CT molecular complexity index is 804. The third-order valence-electron chi connectivity index (χ3n) is 3.96. The van der Waals surface area contributed by atoms with Crippen LogP contribution in [0.25, 0.3) is 0 Å². The van der Waals surface area contributed by atoms with Crippen LogP contribution < -0.4 is 14.8 Å². The van der Waals surface area contributed by atoms with Crippen molar-refractivity contribution in [1.82, 2.24) is 10.2 Å². The minimum absolute atomic E-state index is 0.0478. The Labute approximate surface area is 146 Å². The fourth-order valence-corrected chi connectivity index (χ4v) is 2.58. The molecule has 0 unspecified atom stereocenters. The molecule has 0 saturated carbocycles. The van der Waals surface area contributed by atoms with Gasteiger partial charge in [0.25, 0.3) is 5.91 Å². The number of rotatable bonds is 5. The summed E-state index contributed by atoms with van der Waals surface area (Å²) < 4.78 is 10.6. The van der Waals surface area contributed by atoms with Crippen LogP contribution in [-0.4, -0.2) is 37.1 Å². The van der Waals surface area contributed by atoms with Crippen molar-refractivity contribution in [2.24, 2.45) is 0 Å². The highest BCUT2D eigenvalue weighted by molar-refractivity contribution is 5.96. The van der Waals surface area contributed by atoms with E-state index >= 15 is 0 Å². The van der Waals surface area contributed by atoms with E-state index in [2.05, 4.69) is 5.32 Å². The van der Waals surface area contributed by atoms with E-state index in [0.717, 1.165) is 11.1 Å². The maximum absolute atomic E-state index is 12.2. The lowest BCUT2D eigenvalue weighted by Gasteiger charge is -2.18. The fourth-order valence-electron chi connectivity index (χ4n) is 2.58. The molecule has 6 heteroatoms. The topological polar surface area (TPSA) is 67.9 Å². The Morgan fingerprint density at radius 3 is 2.72 bits per heavy atom. The number of carbonyl (C=O) groups is 2. The number of benzene rings is 2. The third kappa shape index (κ3) is 4.09. The predicted octanol–water partition coefficient (Wildman–Crippen LogP) is 2.11. The number of hydrogen-bond acceptors (Lipinski definition) is 4. The molecular formula is C19H20N2O4. The molecule has 2 aromatic carbocycles. The van der Waals surface area contributed by atoms with Gasteiger partial charge in [0, 0.05) is 19.2 Å². The Morgan fingerprint density at radius 1 is 1.12 bits per heavy atom. The normalized spacial score (nSPS) is 11.9. The van der Waals surface area contributed by atoms with Crippen molar-refractivity contribution in [1.29, 1.82) is 0 Å². The molecule has 0 radical (unpaired) electrons. The van der Waals surface area contributed by atoms with Crippen LogP contribution in [0.15, 0.2) is 42.5 Å². The molecule has 0 spiro atoms. The molecule has 1 N–H and O–H groups in total. The number of hydrogen-bond donors (Lipinski definition) is 1. The molecule has 0 fully saturated rings. The predicted molar refractivity (Wildman–Crippen MR) is 92.6 cm³/mol. The molecular weight excluding hydrogens is 320 g/mol. The van der Waals surface area contributed by atoms with Gasteiger partial charge in [-0.25, -0.2) is 0 Å². The Hall–Kier alpha value is -3.02. The second-order valence-electron chi connectivity index (χ2n) is 5.99. The number of nitrogens with zero attached hydrogens (tertiary/aromatic N) is 1. The number of carbonyl (C=O) groups excluding carboxylic acids is 2. The van der Waals surface area contributed by atoms with Gasteiger partial charge in [0.2, 0.25) is 12.7 Å². The summed E-state index contributed by atoms with van der Waals surface area (Å²) >= 11 is 0. The van der Waals surface area contributed by atoms with E-state index < -0.39 is 0 Å². The maximum Gasteiger partial charge on any atom is 0.251 e. The van der Waals surface area contributed by atoms with E-state index in [4.69, 9.17) is 9.47 Å². The summed E-state index contributed by atoms with van der Waals surface area (Å²) in [6, 6.07) is 12.8. The van der Waals surface area contributed by atoms with Crippen LogP contribution in [0.5, 0.6) is 11.5 Å². The van der Waals surface area contributed by atoms with Crippen molar-refractivity contribution in [2.75, 3.05) is 20.4 Å². The standard InChI is InChI=1S/C19H20N2O4/c1-13-4-3-5-15(8-13)19(23)20-10-18(22)21(2)11-14-6-7-16-17(9-14)25-12-24-16/h3-9H,10-12H2,1-2H3,(H,20,23). The summed E-state index contributed by atoms with van der Waals surface area (Å²) in [6.07, 6.45) is 0. The van der Waals surface area contributed by atoms with E-state index in [-0.39, 0.29) is 25.2 Å². The number of ether oxygens (including phenoxy) is 2. The molecule has 0 atom stereocenters. The summed E-state index contributed by atoms with van der Waals surface area (Å²) in [5, 5.41) is 2.66. The van der Waals surface area contributed by atoms with Crippen molar-refractivity contribution < 1.29 is 19.1 Å². The van der Waals surface area contributed by atoms with Crippen LogP contribution in [0.2, 0.25) is 0 Å². The van der Waals surface area contributed by atoms with Crippen molar-refractivity contribution >= 4 is 11.8 Å². The molecule has 3 rings (SSSR count). The van der Waals surface area contributed by atoms with Crippen LogP contribution in [-0.2, 0) is 11.3 Å². The fraction of sp³-hybridized carbons (Fsp3) is 0.263. The first-order valence-corrected chi connectivity index (χ1v) is 8.00. The quantitative estimate of drug-likeness (QED) is 0.905. The third-order valence-corrected chi connectivity index (χ3v) is 3.96. The number of nitrogens with one attached hydrogen (secondary N) is 1. The molecule has 25 heavy (non-hydrogen) atoms. The van der Waals surface area contributed by atoms with Gasteiger partial charge in [-0.1, -0.05) is 23.8 Å². The molecule has 0 saturated heterocycles. The highest BCUT2D eigenvalue weighted by Crippen LogP contribution is 2.32. The highest BCUT2D eigenvalue weighted by atomic mass is 16.7. The largest absolute Gasteiger partial charge is 0.454 e. The highest BCUT2D eigenvalue weighted by Gasteiger charge is 2.16. The zero-order valence-corrected chi connectivity index (χ0v) is 14.2. The zero-order chi connectivity index (χ0) is 17.8. The Morgan fingerprint density at radius 2 is 1.92 bits per heavy atom. The lowest BCUT2D eigenvalue weighted by molar-refractivity contribution is -0.129. The van der Waals surface area contributed by atoms with Crippen LogP contribution in [0.4, 0.5) is 0 Å². The maximum atomic E-state index is 12.2. The molecule has 6 nitrogen and oxygen atoms in total. The van der Waals surface area contributed by atoms with E-state index in [1.807, 2.05) is 37.3 Å². The van der Waals surface area contributed by atoms with Crippen molar-refractivity contribution in [3.05, 3.63) is 59.2 Å². The number of aryl methyl sites for hydroxylation is 1. The van der Waals surface area contributed by atoms with Crippen molar-refractivity contribution in [2.45, 2.75) is 13.5 Å². The minimum atomic E-state index is -0.256. The second-order valence-corrected chi connectivity index (χ2v) is 5.99. The molecule has 0 bridgehead atoms. The van der Waals surface area contributed by atoms with Gasteiger partial charge >= 0.3 is 0 Å². The van der Waals surface area contributed by atoms with Crippen LogP contribution >= 0.6 is 0 Å². The van der Waals surface area contributed by atoms with Crippen molar-refractivity contribution in [3.8, 4) is 11.5 Å². The lowest BCUT2D eigenvalue weighted by atomic mass is 10.1. The van der Waals surface area contributed by atoms with Gasteiger partial charge in [-0.15, -0.1) is 0 Å². The summed E-state index contributed by atoms with van der Waals surface area (Å²) in [7, 11) is 1.70. The summed E-state index contributed by atoms with van der Waals surface area (Å²) in [4.78, 5) is 25.9. The van der Waals surface area contributed by atoms with Gasteiger partial charge < -0.3 is 19.7 Å². The first-order valence-electron chi connectivity index (χ1n) is 8.00. The van der Waals surface area contributed by atoms with Gasteiger partial charge in [0.15, 0.2) is 11.5 Å². The van der Waals surface area contributed by atoms with E-state index in [1.165, 1.54) is 0 Å². The average Bonchev–Trinajstić information content (AvgIpc) is 3.07. The lowest BCUT2D eigenvalue weighted by Crippen LogP contribution is -2.37. The molecule has 1 aliphatic rings. The van der Waals surface area contributed by atoms with Gasteiger partial charge in [-0.3, -0.25) is 9.59 Å². The van der Waals surface area contributed by atoms with Crippen molar-refractivity contribution in [3.63, 3.8) is 0 Å². The van der Waals surface area contributed by atoms with Gasteiger partial charge in [0.1, 0.15) is 0 Å². The smallest absolute Gasteiger partial charge is 0.251 e. The first kappa shape index (κ1) is 16.8. The summed E-state index contributed by atoms with van der Waals surface area (Å²) in [5.41, 5.74) is 2.48. The van der Waals surface area contributed by atoms with Gasteiger partial charge in [0.05, 0.1) is 6.54 Å². The number of fused-ring (bicyclic) bond motifs is 1. The SMILES string of the molecule is Cc1cccc(C(=O)NCC(=O)N(C)Cc2ccc3c(c2)OCO3)c1. The van der Waals surface area contributed by atoms with E-state index in [0.29, 0.717) is 23.6 Å². The molecule has 1 aliphatic heterocycles. The average molecular weight is 340 g/mol. The zero-order valence-electron chi connectivity index (χ0n) is 14.2. The minimum Gasteiger partial charge on any atom is -0.454 e. The summed E-state index contributed by atoms with van der Waals surface area (Å²) in [6.45, 7) is 2.52. The second kappa shape index (κ2) is 7.25. The molecule has 2 amide bonds. The van der Waals surface area contributed by atoms with Gasteiger partial charge in [-0.2, -0.15) is 0 Å². The van der Waals surface area contributed by atoms with Crippen LogP contribution in [0.3, 0.4) is 0 Å². The molecule has 2 aromatic rings. The van der Waals surface area contributed by atoms with E-state index in [1.54, 1.807) is 24.1 Å². The monoisotopic (exact) mass is 340 g/mol. The Kier molecular flexibility index (Phi) is 4.88. The first-order chi connectivity index (χ1) is 12.0. The molecule has 0 aromatic heterocycles. The summed E-state index contributed by atoms with van der Waals surface area (Å²) in [5.74, 6) is 0.974. The van der Waals surface area contributed by atoms with Crippen LogP contribution in [0, 0.1) is 6.92 Å². The molecule has 1 heterocycles. The number of amides is 2. The molecule has 130 valence electrons. The Balaban J connectivity index is 1.53. The molecule has 0 aliphatic carbocycles.